The summed E-state index contributed by atoms with van der Waals surface area (Å²) in [6.07, 6.45) is 3.09. The van der Waals surface area contributed by atoms with Crippen molar-refractivity contribution < 1.29 is 14.6 Å². The summed E-state index contributed by atoms with van der Waals surface area (Å²) in [5.41, 5.74) is -1.54. The van der Waals surface area contributed by atoms with E-state index in [4.69, 9.17) is 4.74 Å². The molecule has 0 aromatic rings. The van der Waals surface area contributed by atoms with Gasteiger partial charge < -0.3 is 9.84 Å². The monoisotopic (exact) mass is 212 g/mol. The van der Waals surface area contributed by atoms with Gasteiger partial charge in [0.25, 0.3) is 0 Å². The van der Waals surface area contributed by atoms with Gasteiger partial charge >= 0.3 is 5.97 Å². The standard InChI is InChI=1S/C12H20O3/c1-8-4-5-12(14)9(6-8)7-10(13)15-11(12,2)3/h8-9,14H,4-7H2,1-3H3/t8-,9+,12-/m0/s1. The molecule has 0 aromatic carbocycles. The van der Waals surface area contributed by atoms with Crippen LogP contribution in [0.25, 0.3) is 0 Å². The molecule has 3 atom stereocenters. The number of hydrogen-bond donors (Lipinski definition) is 1. The van der Waals surface area contributed by atoms with E-state index in [-0.39, 0.29) is 11.9 Å². The zero-order valence-corrected chi connectivity index (χ0v) is 9.75. The van der Waals surface area contributed by atoms with Gasteiger partial charge in [0, 0.05) is 5.92 Å². The molecule has 1 aliphatic carbocycles. The predicted molar refractivity (Wildman–Crippen MR) is 56.2 cm³/mol. The number of aliphatic hydroxyl groups is 1. The third-order valence-corrected chi connectivity index (χ3v) is 4.21. The molecule has 1 heterocycles. The Morgan fingerprint density at radius 2 is 2.13 bits per heavy atom. The zero-order valence-electron chi connectivity index (χ0n) is 9.75. The number of hydrogen-bond acceptors (Lipinski definition) is 3. The Hall–Kier alpha value is -0.570. The number of carbonyl (C=O) groups is 1. The van der Waals surface area contributed by atoms with Gasteiger partial charge in [0.2, 0.25) is 0 Å². The van der Waals surface area contributed by atoms with Crippen molar-refractivity contribution in [3.8, 4) is 0 Å². The van der Waals surface area contributed by atoms with Crippen LogP contribution >= 0.6 is 0 Å². The second kappa shape index (κ2) is 3.21. The molecule has 86 valence electrons. The largest absolute Gasteiger partial charge is 0.457 e. The summed E-state index contributed by atoms with van der Waals surface area (Å²) in [6.45, 7) is 5.84. The first-order valence-electron chi connectivity index (χ1n) is 5.79. The van der Waals surface area contributed by atoms with Crippen molar-refractivity contribution in [3.63, 3.8) is 0 Å². The average molecular weight is 212 g/mol. The van der Waals surface area contributed by atoms with Gasteiger partial charge in [-0.1, -0.05) is 6.92 Å². The lowest BCUT2D eigenvalue weighted by Crippen LogP contribution is -2.63. The number of carbonyl (C=O) groups excluding carboxylic acids is 1. The van der Waals surface area contributed by atoms with Crippen LogP contribution in [0.3, 0.4) is 0 Å². The fraction of sp³-hybridized carbons (Fsp3) is 0.917. The molecule has 0 unspecified atom stereocenters. The van der Waals surface area contributed by atoms with E-state index in [0.717, 1.165) is 19.3 Å². The molecule has 0 amide bonds. The molecule has 2 fully saturated rings. The predicted octanol–water partition coefficient (Wildman–Crippen LogP) is 1.88. The molecular weight excluding hydrogens is 192 g/mol. The van der Waals surface area contributed by atoms with Crippen LogP contribution in [0, 0.1) is 11.8 Å². The summed E-state index contributed by atoms with van der Waals surface area (Å²) in [5.74, 6) is 0.526. The van der Waals surface area contributed by atoms with Crippen LogP contribution in [0.15, 0.2) is 0 Å². The minimum atomic E-state index is -0.812. The van der Waals surface area contributed by atoms with E-state index < -0.39 is 11.2 Å². The Balaban J connectivity index is 2.29. The van der Waals surface area contributed by atoms with Gasteiger partial charge in [-0.3, -0.25) is 4.79 Å². The van der Waals surface area contributed by atoms with Crippen molar-refractivity contribution in [2.75, 3.05) is 0 Å². The molecule has 0 spiro atoms. The minimum Gasteiger partial charge on any atom is -0.457 e. The highest BCUT2D eigenvalue weighted by molar-refractivity contribution is 5.72. The first kappa shape index (κ1) is 10.9. The maximum atomic E-state index is 11.4. The van der Waals surface area contributed by atoms with Gasteiger partial charge in [0.05, 0.1) is 6.42 Å². The smallest absolute Gasteiger partial charge is 0.306 e. The summed E-state index contributed by atoms with van der Waals surface area (Å²) in [6, 6.07) is 0. The van der Waals surface area contributed by atoms with Gasteiger partial charge in [-0.2, -0.15) is 0 Å². The van der Waals surface area contributed by atoms with Crippen LogP contribution in [0.5, 0.6) is 0 Å². The van der Waals surface area contributed by atoms with E-state index >= 15 is 0 Å². The SMILES string of the molecule is C[C@H]1CC[C@]2(O)[C@@H](CC(=O)OC2(C)C)C1. The quantitative estimate of drug-likeness (QED) is 0.624. The highest BCUT2D eigenvalue weighted by Gasteiger charge is 2.57. The molecule has 3 heteroatoms. The topological polar surface area (TPSA) is 46.5 Å². The number of esters is 1. The van der Waals surface area contributed by atoms with Gasteiger partial charge in [0.1, 0.15) is 11.2 Å². The second-order valence-electron chi connectivity index (χ2n) is 5.69. The average Bonchev–Trinajstić information content (AvgIpc) is 2.08. The van der Waals surface area contributed by atoms with E-state index in [1.54, 1.807) is 0 Å². The molecule has 0 radical (unpaired) electrons. The van der Waals surface area contributed by atoms with Crippen LogP contribution in [0.2, 0.25) is 0 Å². The van der Waals surface area contributed by atoms with Gasteiger partial charge in [-0.15, -0.1) is 0 Å². The first-order valence-corrected chi connectivity index (χ1v) is 5.79. The highest BCUT2D eigenvalue weighted by atomic mass is 16.6. The molecule has 3 nitrogen and oxygen atoms in total. The van der Waals surface area contributed by atoms with Crippen LogP contribution in [-0.2, 0) is 9.53 Å². The fourth-order valence-corrected chi connectivity index (χ4v) is 3.13. The van der Waals surface area contributed by atoms with Crippen LogP contribution in [0.4, 0.5) is 0 Å². The van der Waals surface area contributed by atoms with Gasteiger partial charge in [-0.05, 0) is 39.0 Å². The molecule has 1 saturated carbocycles. The van der Waals surface area contributed by atoms with E-state index in [1.165, 1.54) is 0 Å². The third-order valence-electron chi connectivity index (χ3n) is 4.21. The van der Waals surface area contributed by atoms with Crippen molar-refractivity contribution in [2.45, 2.75) is 57.7 Å². The Morgan fingerprint density at radius 3 is 2.80 bits per heavy atom. The lowest BCUT2D eigenvalue weighted by Gasteiger charge is -2.53. The van der Waals surface area contributed by atoms with Crippen molar-refractivity contribution in [1.82, 2.24) is 0 Å². The number of rotatable bonds is 0. The fourth-order valence-electron chi connectivity index (χ4n) is 3.13. The zero-order chi connectivity index (χ0) is 11.3. The van der Waals surface area contributed by atoms with Crippen molar-refractivity contribution >= 4 is 5.97 Å². The van der Waals surface area contributed by atoms with Crippen molar-refractivity contribution in [2.24, 2.45) is 11.8 Å². The van der Waals surface area contributed by atoms with Gasteiger partial charge in [-0.25, -0.2) is 0 Å². The van der Waals surface area contributed by atoms with Crippen LogP contribution in [-0.4, -0.2) is 22.3 Å². The van der Waals surface area contributed by atoms with Crippen LogP contribution in [0.1, 0.15) is 46.5 Å². The molecule has 15 heavy (non-hydrogen) atoms. The maximum absolute atomic E-state index is 11.4. The normalized spacial score (nSPS) is 44.4. The molecule has 0 bridgehead atoms. The Kier molecular flexibility index (Phi) is 2.34. The van der Waals surface area contributed by atoms with E-state index in [1.807, 2.05) is 13.8 Å². The Labute approximate surface area is 90.8 Å². The van der Waals surface area contributed by atoms with E-state index in [9.17, 15) is 9.90 Å². The summed E-state index contributed by atoms with van der Waals surface area (Å²) < 4.78 is 5.29. The lowest BCUT2D eigenvalue weighted by molar-refractivity contribution is -0.235. The maximum Gasteiger partial charge on any atom is 0.306 e. The number of cyclic esters (lactones) is 1. The molecule has 2 rings (SSSR count). The van der Waals surface area contributed by atoms with Gasteiger partial charge in [0.15, 0.2) is 0 Å². The highest BCUT2D eigenvalue weighted by Crippen LogP contribution is 2.49. The Bertz CT molecular complexity index is 285. The summed E-state index contributed by atoms with van der Waals surface area (Å²) >= 11 is 0. The second-order valence-corrected chi connectivity index (χ2v) is 5.69. The number of ether oxygens (including phenoxy) is 1. The van der Waals surface area contributed by atoms with Crippen molar-refractivity contribution in [3.05, 3.63) is 0 Å². The number of fused-ring (bicyclic) bond motifs is 1. The summed E-state index contributed by atoms with van der Waals surface area (Å²) in [7, 11) is 0. The Morgan fingerprint density at radius 1 is 1.47 bits per heavy atom. The van der Waals surface area contributed by atoms with E-state index in [0.29, 0.717) is 12.3 Å². The minimum absolute atomic E-state index is 0.0810. The molecule has 1 N–H and O–H groups in total. The first-order chi connectivity index (χ1) is 6.85. The van der Waals surface area contributed by atoms with Crippen LogP contribution < -0.4 is 0 Å². The molecule has 1 aliphatic heterocycles. The van der Waals surface area contributed by atoms with Crippen molar-refractivity contribution in [1.29, 1.82) is 0 Å². The molecule has 2 aliphatic rings. The lowest BCUT2D eigenvalue weighted by atomic mass is 9.62. The molecular formula is C12H20O3. The van der Waals surface area contributed by atoms with E-state index in [2.05, 4.69) is 6.92 Å². The molecule has 0 aromatic heterocycles. The summed E-state index contributed by atoms with van der Waals surface area (Å²) in [4.78, 5) is 11.4. The summed E-state index contributed by atoms with van der Waals surface area (Å²) in [5, 5.41) is 10.7. The molecule has 1 saturated heterocycles. The third kappa shape index (κ3) is 1.57.